The fraction of sp³-hybridized carbons (Fsp3) is 0.692. The van der Waals surface area contributed by atoms with Gasteiger partial charge in [-0.05, 0) is 24.2 Å². The van der Waals surface area contributed by atoms with Crippen molar-refractivity contribution in [1.29, 1.82) is 0 Å². The van der Waals surface area contributed by atoms with E-state index >= 15 is 0 Å². The summed E-state index contributed by atoms with van der Waals surface area (Å²) in [4.78, 5) is 0. The van der Waals surface area contributed by atoms with Gasteiger partial charge in [-0.2, -0.15) is 0 Å². The summed E-state index contributed by atoms with van der Waals surface area (Å²) in [5.74, 6) is 0.512. The molecule has 1 unspecified atom stereocenters. The molecule has 0 aromatic carbocycles. The molecule has 0 aromatic heterocycles. The van der Waals surface area contributed by atoms with Crippen LogP contribution in [-0.4, -0.2) is 11.7 Å². The lowest BCUT2D eigenvalue weighted by Crippen LogP contribution is -2.17. The van der Waals surface area contributed by atoms with E-state index in [9.17, 15) is 0 Å². The first-order chi connectivity index (χ1) is 6.52. The molecule has 0 radical (unpaired) electrons. The van der Waals surface area contributed by atoms with Crippen LogP contribution >= 0.6 is 0 Å². The van der Waals surface area contributed by atoms with Gasteiger partial charge in [0, 0.05) is 0 Å². The predicted octanol–water partition coefficient (Wildman–Crippen LogP) is 3.55. The Morgan fingerprint density at radius 2 is 1.79 bits per heavy atom. The Hall–Kier alpha value is -0.560. The largest absolute Gasteiger partial charge is 0.392 e. The molecule has 0 spiro atoms. The Labute approximate surface area is 88.5 Å². The average molecular weight is 196 g/mol. The summed E-state index contributed by atoms with van der Waals surface area (Å²) in [5.41, 5.74) is 0.268. The van der Waals surface area contributed by atoms with E-state index in [1.807, 2.05) is 6.08 Å². The second-order valence-corrected chi connectivity index (χ2v) is 4.70. The van der Waals surface area contributed by atoms with Gasteiger partial charge >= 0.3 is 0 Å². The van der Waals surface area contributed by atoms with Crippen LogP contribution in [0.15, 0.2) is 24.3 Å². The summed E-state index contributed by atoms with van der Waals surface area (Å²) in [6, 6.07) is 0. The maximum atomic E-state index is 8.75. The minimum absolute atomic E-state index is 0.143. The monoisotopic (exact) mass is 196 g/mol. The van der Waals surface area contributed by atoms with Crippen molar-refractivity contribution in [3.05, 3.63) is 24.3 Å². The summed E-state index contributed by atoms with van der Waals surface area (Å²) < 4.78 is 0. The van der Waals surface area contributed by atoms with Crippen molar-refractivity contribution >= 4 is 0 Å². The van der Waals surface area contributed by atoms with Crippen LogP contribution in [0.25, 0.3) is 0 Å². The fourth-order valence-electron chi connectivity index (χ4n) is 1.36. The van der Waals surface area contributed by atoms with Crippen LogP contribution < -0.4 is 0 Å². The van der Waals surface area contributed by atoms with Crippen molar-refractivity contribution in [3.63, 3.8) is 0 Å². The van der Waals surface area contributed by atoms with Gasteiger partial charge < -0.3 is 5.11 Å². The highest BCUT2D eigenvalue weighted by atomic mass is 16.2. The third-order valence-corrected chi connectivity index (χ3v) is 2.38. The molecule has 0 aliphatic rings. The molecular formula is C13H24O. The molecule has 14 heavy (non-hydrogen) atoms. The first-order valence-corrected chi connectivity index (χ1v) is 5.45. The molecule has 0 saturated carbocycles. The topological polar surface area (TPSA) is 20.2 Å². The molecule has 0 aliphatic heterocycles. The molecule has 0 fully saturated rings. The van der Waals surface area contributed by atoms with Gasteiger partial charge in [0.15, 0.2) is 0 Å². The second-order valence-electron chi connectivity index (χ2n) is 4.70. The average Bonchev–Trinajstić information content (AvgIpc) is 2.09. The van der Waals surface area contributed by atoms with Gasteiger partial charge in [-0.1, -0.05) is 52.0 Å². The predicted molar refractivity (Wildman–Crippen MR) is 63.2 cm³/mol. The Morgan fingerprint density at radius 3 is 2.21 bits per heavy atom. The molecule has 0 amide bonds. The summed E-state index contributed by atoms with van der Waals surface area (Å²) in [6.07, 6.45) is 10.6. The van der Waals surface area contributed by atoms with Crippen LogP contribution in [0, 0.1) is 11.3 Å². The maximum absolute atomic E-state index is 8.75. The standard InChI is InChI=1S/C13H24O/c1-5-6-7-9-12(10-8-11-14)13(2,3)4/h6-8,10,12,14H,5,9,11H2,1-4H3/b7-6+,10-8+. The van der Waals surface area contributed by atoms with Gasteiger partial charge in [-0.25, -0.2) is 0 Å². The normalized spacial score (nSPS) is 15.5. The van der Waals surface area contributed by atoms with Crippen molar-refractivity contribution < 1.29 is 5.11 Å². The van der Waals surface area contributed by atoms with Gasteiger partial charge in [0.2, 0.25) is 0 Å². The first-order valence-electron chi connectivity index (χ1n) is 5.45. The number of hydrogen-bond donors (Lipinski definition) is 1. The van der Waals surface area contributed by atoms with E-state index in [-0.39, 0.29) is 12.0 Å². The van der Waals surface area contributed by atoms with Crippen molar-refractivity contribution in [2.24, 2.45) is 11.3 Å². The Morgan fingerprint density at radius 1 is 1.14 bits per heavy atom. The Balaban J connectivity index is 4.26. The molecule has 82 valence electrons. The summed E-state index contributed by atoms with van der Waals surface area (Å²) in [6.45, 7) is 8.99. The fourth-order valence-corrected chi connectivity index (χ4v) is 1.36. The summed E-state index contributed by atoms with van der Waals surface area (Å²) >= 11 is 0. The Kier molecular flexibility index (Phi) is 6.56. The van der Waals surface area contributed by atoms with Crippen LogP contribution in [-0.2, 0) is 0 Å². The lowest BCUT2D eigenvalue weighted by molar-refractivity contribution is 0.291. The van der Waals surface area contributed by atoms with Crippen LogP contribution in [0.5, 0.6) is 0 Å². The van der Waals surface area contributed by atoms with E-state index in [1.54, 1.807) is 0 Å². The highest BCUT2D eigenvalue weighted by Gasteiger charge is 2.20. The maximum Gasteiger partial charge on any atom is 0.0612 e. The smallest absolute Gasteiger partial charge is 0.0612 e. The minimum Gasteiger partial charge on any atom is -0.392 e. The molecular weight excluding hydrogens is 172 g/mol. The number of rotatable bonds is 5. The van der Waals surface area contributed by atoms with Gasteiger partial charge in [0.1, 0.15) is 0 Å². The SMILES string of the molecule is CC/C=C/CC(/C=C/CO)C(C)(C)C. The molecule has 0 rings (SSSR count). The van der Waals surface area contributed by atoms with Crippen molar-refractivity contribution in [2.75, 3.05) is 6.61 Å². The molecule has 0 saturated heterocycles. The van der Waals surface area contributed by atoms with Crippen LogP contribution in [0.1, 0.15) is 40.5 Å². The zero-order valence-corrected chi connectivity index (χ0v) is 9.96. The zero-order chi connectivity index (χ0) is 11.0. The zero-order valence-electron chi connectivity index (χ0n) is 9.96. The molecule has 0 aliphatic carbocycles. The molecule has 1 N–H and O–H groups in total. The molecule has 0 bridgehead atoms. The highest BCUT2D eigenvalue weighted by Crippen LogP contribution is 2.30. The number of aliphatic hydroxyl groups is 1. The van der Waals surface area contributed by atoms with Gasteiger partial charge in [-0.15, -0.1) is 0 Å². The molecule has 1 atom stereocenters. The summed E-state index contributed by atoms with van der Waals surface area (Å²) in [7, 11) is 0. The molecule has 0 heterocycles. The third kappa shape index (κ3) is 5.98. The Bertz CT molecular complexity index is 184. The van der Waals surface area contributed by atoms with Gasteiger partial charge in [-0.3, -0.25) is 0 Å². The van der Waals surface area contributed by atoms with Gasteiger partial charge in [0.25, 0.3) is 0 Å². The first kappa shape index (κ1) is 13.4. The molecule has 1 heteroatoms. The van der Waals surface area contributed by atoms with E-state index in [4.69, 9.17) is 5.11 Å². The second kappa shape index (κ2) is 6.83. The minimum atomic E-state index is 0.143. The van der Waals surface area contributed by atoms with Crippen LogP contribution in [0.2, 0.25) is 0 Å². The molecule has 1 nitrogen and oxygen atoms in total. The van der Waals surface area contributed by atoms with E-state index < -0.39 is 0 Å². The number of aliphatic hydroxyl groups excluding tert-OH is 1. The number of hydrogen-bond acceptors (Lipinski definition) is 1. The quantitative estimate of drug-likeness (QED) is 0.667. The van der Waals surface area contributed by atoms with Gasteiger partial charge in [0.05, 0.1) is 6.61 Å². The highest BCUT2D eigenvalue weighted by molar-refractivity contribution is 4.98. The van der Waals surface area contributed by atoms with Crippen molar-refractivity contribution in [2.45, 2.75) is 40.5 Å². The van der Waals surface area contributed by atoms with E-state index in [0.717, 1.165) is 12.8 Å². The summed E-state index contributed by atoms with van der Waals surface area (Å²) in [5, 5.41) is 8.75. The third-order valence-electron chi connectivity index (χ3n) is 2.38. The van der Waals surface area contributed by atoms with Crippen LogP contribution in [0.3, 0.4) is 0 Å². The van der Waals surface area contributed by atoms with E-state index in [2.05, 4.69) is 45.9 Å². The van der Waals surface area contributed by atoms with E-state index in [0.29, 0.717) is 5.92 Å². The van der Waals surface area contributed by atoms with Crippen molar-refractivity contribution in [3.8, 4) is 0 Å². The lowest BCUT2D eigenvalue weighted by atomic mass is 9.78. The van der Waals surface area contributed by atoms with Crippen molar-refractivity contribution in [1.82, 2.24) is 0 Å². The van der Waals surface area contributed by atoms with Crippen LogP contribution in [0.4, 0.5) is 0 Å². The molecule has 0 aromatic rings. The van der Waals surface area contributed by atoms with E-state index in [1.165, 1.54) is 0 Å². The lowest BCUT2D eigenvalue weighted by Gasteiger charge is -2.27. The number of allylic oxidation sites excluding steroid dienone is 3.